The summed E-state index contributed by atoms with van der Waals surface area (Å²) >= 11 is 0. The van der Waals surface area contributed by atoms with Crippen molar-refractivity contribution in [1.29, 1.82) is 0 Å². The summed E-state index contributed by atoms with van der Waals surface area (Å²) in [5, 5.41) is 169. The van der Waals surface area contributed by atoms with Crippen LogP contribution in [0.5, 0.6) is 0 Å². The lowest BCUT2D eigenvalue weighted by Crippen LogP contribution is -2.67. The molecule has 25 atom stereocenters. The predicted octanol–water partition coefficient (Wildman–Crippen LogP) is -11.8. The van der Waals surface area contributed by atoms with E-state index in [1.165, 1.54) is 0 Å². The van der Waals surface area contributed by atoms with Gasteiger partial charge < -0.3 is 130 Å². The fourth-order valence-electron chi connectivity index (χ4n) is 7.19. The number of carbonyl (C=O) groups is 1. The molecule has 5 aliphatic rings. The van der Waals surface area contributed by atoms with Gasteiger partial charge in [-0.15, -0.1) is 0 Å². The Morgan fingerprint density at radius 2 is 0.831 bits per heavy atom. The first kappa shape index (κ1) is 48.5. The number of hydrogen-bond acceptors (Lipinski definition) is 26. The third-order valence-corrected chi connectivity index (χ3v) is 10.7. The molecule has 5 fully saturated rings. The molecule has 0 aliphatic carbocycles. The van der Waals surface area contributed by atoms with Crippen molar-refractivity contribution in [3.8, 4) is 0 Å². The maximum absolute atomic E-state index is 12.0. The molecule has 59 heavy (non-hydrogen) atoms. The highest BCUT2D eigenvalue weighted by molar-refractivity contribution is 5.73. The average Bonchev–Trinajstić information content (AvgIpc) is 3.21. The van der Waals surface area contributed by atoms with Gasteiger partial charge in [-0.05, 0) is 0 Å². The van der Waals surface area contributed by atoms with Crippen LogP contribution in [0.25, 0.3) is 0 Å². The van der Waals surface area contributed by atoms with Crippen molar-refractivity contribution in [3.05, 3.63) is 0 Å². The standard InChI is InChI=1S/C32H55NO26/c1-7(37)33-13-19(43)17(41)11(6-52-30-24(48)20(44)14(38)9(3-35)54-30)56-29(13)51-5-12-18(42)21(45)25(49)31(57-12)59-27-23(47)16(40)10(4-36)55-32(27)58-26-22(46)15(39)8(2-34)53-28(26)50/h8-32,34-36,38-50H,2-6H2,1H3,(H,33,37)/t8-,9-,10-,11-,12-,13-,14-,15-,16-,17-,18-,19-,20+,21+,22+,23+,24-,25+,26+,27+,28-,29+,30+,31-,32-/m1/s1. The lowest BCUT2D eigenvalue weighted by Gasteiger charge is -2.48. The Bertz CT molecular complexity index is 1320. The molecule has 5 rings (SSSR count). The van der Waals surface area contributed by atoms with Gasteiger partial charge in [-0.1, -0.05) is 0 Å². The Morgan fingerprint density at radius 1 is 0.441 bits per heavy atom. The number of hydrogen-bond donors (Lipinski definition) is 17. The molecule has 5 saturated heterocycles. The zero-order chi connectivity index (χ0) is 43.6. The Kier molecular flexibility index (Phi) is 17.1. The molecule has 344 valence electrons. The molecule has 0 spiro atoms. The summed E-state index contributed by atoms with van der Waals surface area (Å²) in [4.78, 5) is 12.0. The quantitative estimate of drug-likeness (QED) is 0.0770. The monoisotopic (exact) mass is 869 g/mol. The second-order valence-electron chi connectivity index (χ2n) is 14.8. The largest absolute Gasteiger partial charge is 0.394 e. The molecule has 1 amide bonds. The highest BCUT2D eigenvalue weighted by Gasteiger charge is 2.55. The molecule has 27 heteroatoms. The number of ether oxygens (including phenoxy) is 9. The van der Waals surface area contributed by atoms with Gasteiger partial charge in [0.25, 0.3) is 0 Å². The lowest BCUT2D eigenvalue weighted by molar-refractivity contribution is -0.392. The molecule has 5 heterocycles. The molecule has 0 saturated carbocycles. The molecule has 0 unspecified atom stereocenters. The van der Waals surface area contributed by atoms with Crippen LogP contribution in [0.4, 0.5) is 0 Å². The fourth-order valence-corrected chi connectivity index (χ4v) is 7.19. The number of rotatable bonds is 14. The van der Waals surface area contributed by atoms with E-state index >= 15 is 0 Å². The van der Waals surface area contributed by atoms with Gasteiger partial charge in [-0.2, -0.15) is 0 Å². The van der Waals surface area contributed by atoms with E-state index in [0.29, 0.717) is 0 Å². The van der Waals surface area contributed by atoms with Crippen molar-refractivity contribution >= 4 is 5.91 Å². The first-order chi connectivity index (χ1) is 27.8. The van der Waals surface area contributed by atoms with E-state index in [-0.39, 0.29) is 0 Å². The summed E-state index contributed by atoms with van der Waals surface area (Å²) in [6.45, 7) is -2.94. The van der Waals surface area contributed by atoms with Crippen LogP contribution in [0, 0.1) is 0 Å². The van der Waals surface area contributed by atoms with Gasteiger partial charge in [-0.3, -0.25) is 4.79 Å². The molecule has 0 aromatic heterocycles. The maximum atomic E-state index is 12.0. The fraction of sp³-hybridized carbons (Fsp3) is 0.969. The van der Waals surface area contributed by atoms with Gasteiger partial charge in [0.2, 0.25) is 5.91 Å². The third kappa shape index (κ3) is 10.5. The van der Waals surface area contributed by atoms with Crippen molar-refractivity contribution in [3.63, 3.8) is 0 Å². The summed E-state index contributed by atoms with van der Waals surface area (Å²) in [6, 6.07) is -1.52. The minimum absolute atomic E-state index is 0.697. The first-order valence-corrected chi connectivity index (χ1v) is 18.6. The highest BCUT2D eigenvalue weighted by Crippen LogP contribution is 2.33. The van der Waals surface area contributed by atoms with Gasteiger partial charge in [0, 0.05) is 6.92 Å². The Morgan fingerprint density at radius 3 is 1.37 bits per heavy atom. The van der Waals surface area contributed by atoms with Crippen LogP contribution in [0.1, 0.15) is 6.92 Å². The Hall–Kier alpha value is -1.53. The molecular weight excluding hydrogens is 814 g/mol. The zero-order valence-electron chi connectivity index (χ0n) is 31.2. The van der Waals surface area contributed by atoms with E-state index in [1.807, 2.05) is 0 Å². The molecule has 0 aromatic carbocycles. The lowest BCUT2D eigenvalue weighted by atomic mass is 9.96. The third-order valence-electron chi connectivity index (χ3n) is 10.7. The number of nitrogens with one attached hydrogen (secondary N) is 1. The summed E-state index contributed by atoms with van der Waals surface area (Å²) in [7, 11) is 0. The SMILES string of the molecule is CC(=O)N[C@H]1[C@@H](OC[C@H]2O[C@H](O[C@@H]3[C@@H](O[C@H]4[C@@H](O)[C@H](O)[C@@H](CO)O[C@H]4O)O[C@H](CO)[C@@H](O)[C@@H]3O)[C@@H](O)[C@@H](O)[C@@H]2O)O[C@H](CO[C@H]2O[C@H](CO)[C@@H](O)[C@H](O)[C@H]2O)[C@@H](O)[C@@H]1O. The minimum Gasteiger partial charge on any atom is -0.394 e. The number of aliphatic hydroxyl groups is 16. The van der Waals surface area contributed by atoms with Crippen LogP contribution < -0.4 is 5.32 Å². The molecular formula is C32H55NO26. The van der Waals surface area contributed by atoms with Gasteiger partial charge in [0.05, 0.1) is 33.0 Å². The topological polar surface area (TPSA) is 436 Å². The van der Waals surface area contributed by atoms with Crippen LogP contribution in [-0.2, 0) is 47.4 Å². The van der Waals surface area contributed by atoms with E-state index in [2.05, 4.69) is 5.32 Å². The number of carbonyl (C=O) groups excluding carboxylic acids is 1. The molecule has 0 bridgehead atoms. The van der Waals surface area contributed by atoms with Gasteiger partial charge >= 0.3 is 0 Å². The van der Waals surface area contributed by atoms with Crippen LogP contribution in [-0.4, -0.2) is 274 Å². The summed E-state index contributed by atoms with van der Waals surface area (Å²) < 4.78 is 49.7. The van der Waals surface area contributed by atoms with Crippen molar-refractivity contribution in [2.45, 2.75) is 160 Å². The minimum atomic E-state index is -2.12. The first-order valence-electron chi connectivity index (χ1n) is 18.6. The van der Waals surface area contributed by atoms with E-state index in [4.69, 9.17) is 42.6 Å². The summed E-state index contributed by atoms with van der Waals surface area (Å²) in [6.07, 6.45) is -43.8. The van der Waals surface area contributed by atoms with Crippen LogP contribution in [0.2, 0.25) is 0 Å². The molecule has 0 radical (unpaired) electrons. The normalized spacial score (nSPS) is 51.0. The average molecular weight is 870 g/mol. The predicted molar refractivity (Wildman–Crippen MR) is 178 cm³/mol. The molecule has 0 aromatic rings. The van der Waals surface area contributed by atoms with E-state index in [0.717, 1.165) is 6.92 Å². The van der Waals surface area contributed by atoms with Crippen LogP contribution >= 0.6 is 0 Å². The van der Waals surface area contributed by atoms with Crippen molar-refractivity contribution in [2.24, 2.45) is 0 Å². The second-order valence-corrected chi connectivity index (χ2v) is 14.8. The highest BCUT2D eigenvalue weighted by atomic mass is 16.8. The van der Waals surface area contributed by atoms with E-state index in [9.17, 15) is 86.5 Å². The smallest absolute Gasteiger partial charge is 0.217 e. The van der Waals surface area contributed by atoms with Crippen LogP contribution in [0.15, 0.2) is 0 Å². The van der Waals surface area contributed by atoms with Gasteiger partial charge in [0.15, 0.2) is 31.5 Å². The molecule has 27 nitrogen and oxygen atoms in total. The Labute approximate surface area is 333 Å². The van der Waals surface area contributed by atoms with E-state index in [1.54, 1.807) is 0 Å². The van der Waals surface area contributed by atoms with Gasteiger partial charge in [-0.25, -0.2) is 0 Å². The Balaban J connectivity index is 1.29. The maximum Gasteiger partial charge on any atom is 0.217 e. The molecule has 5 aliphatic heterocycles. The number of amides is 1. The second kappa shape index (κ2) is 20.8. The van der Waals surface area contributed by atoms with E-state index < -0.39 is 192 Å². The van der Waals surface area contributed by atoms with Crippen LogP contribution in [0.3, 0.4) is 0 Å². The summed E-state index contributed by atoms with van der Waals surface area (Å²) in [5.74, 6) is -0.728. The summed E-state index contributed by atoms with van der Waals surface area (Å²) in [5.41, 5.74) is 0. The zero-order valence-corrected chi connectivity index (χ0v) is 31.2. The van der Waals surface area contributed by atoms with Crippen molar-refractivity contribution in [1.82, 2.24) is 5.32 Å². The van der Waals surface area contributed by atoms with Gasteiger partial charge in [0.1, 0.15) is 122 Å². The number of aliphatic hydroxyl groups excluding tert-OH is 16. The molecule has 17 N–H and O–H groups in total. The van der Waals surface area contributed by atoms with Crippen molar-refractivity contribution in [2.75, 3.05) is 33.0 Å². The van der Waals surface area contributed by atoms with Crippen molar-refractivity contribution < 1.29 is 129 Å².